The van der Waals surface area contributed by atoms with E-state index in [0.29, 0.717) is 45.6 Å². The molecule has 1 aromatic heterocycles. The van der Waals surface area contributed by atoms with E-state index in [-0.39, 0.29) is 11.3 Å². The number of ketones is 1. The van der Waals surface area contributed by atoms with Gasteiger partial charge in [0.05, 0.1) is 42.7 Å². The van der Waals surface area contributed by atoms with Crippen LogP contribution in [0.1, 0.15) is 43.4 Å². The molecule has 3 aromatic carbocycles. The molecule has 2 heterocycles. The molecule has 5 rings (SSSR count). The lowest BCUT2D eigenvalue weighted by Gasteiger charge is -2.23. The summed E-state index contributed by atoms with van der Waals surface area (Å²) >= 11 is 1.28. The van der Waals surface area contributed by atoms with Crippen LogP contribution in [0.15, 0.2) is 72.3 Å². The Hall–Kier alpha value is -4.37. The fourth-order valence-electron chi connectivity index (χ4n) is 4.66. The van der Waals surface area contributed by atoms with Crippen LogP contribution in [-0.4, -0.2) is 42.6 Å². The molecule has 40 heavy (non-hydrogen) atoms. The second kappa shape index (κ2) is 11.8. The Bertz CT molecular complexity index is 1560. The highest BCUT2D eigenvalue weighted by Crippen LogP contribution is 2.45. The predicted octanol–water partition coefficient (Wildman–Crippen LogP) is 6.51. The molecule has 1 saturated heterocycles. The van der Waals surface area contributed by atoms with Gasteiger partial charge < -0.3 is 19.3 Å². The minimum Gasteiger partial charge on any atom is -0.507 e. The number of hydrogen-bond acceptors (Lipinski definition) is 8. The first-order chi connectivity index (χ1) is 19.4. The lowest BCUT2D eigenvalue weighted by Crippen LogP contribution is -2.29. The predicted molar refractivity (Wildman–Crippen MR) is 155 cm³/mol. The van der Waals surface area contributed by atoms with Crippen LogP contribution < -0.4 is 19.1 Å². The highest BCUT2D eigenvalue weighted by molar-refractivity contribution is 7.22. The van der Waals surface area contributed by atoms with Gasteiger partial charge in [-0.2, -0.15) is 0 Å². The van der Waals surface area contributed by atoms with Gasteiger partial charge in [0.1, 0.15) is 23.0 Å². The van der Waals surface area contributed by atoms with Gasteiger partial charge in [0.2, 0.25) is 0 Å². The normalized spacial score (nSPS) is 16.5. The number of anilines is 1. The zero-order valence-electron chi connectivity index (χ0n) is 22.5. The minimum absolute atomic E-state index is 0.0105. The van der Waals surface area contributed by atoms with Crippen LogP contribution in [0.4, 0.5) is 5.13 Å². The summed E-state index contributed by atoms with van der Waals surface area (Å²) in [6.45, 7) is 2.75. The number of amides is 1. The Morgan fingerprint density at radius 1 is 0.925 bits per heavy atom. The number of methoxy groups -OCH3 is 2. The van der Waals surface area contributed by atoms with E-state index >= 15 is 0 Å². The van der Waals surface area contributed by atoms with Crippen LogP contribution in [0.3, 0.4) is 0 Å². The van der Waals surface area contributed by atoms with Gasteiger partial charge in [-0.25, -0.2) is 4.98 Å². The van der Waals surface area contributed by atoms with Crippen molar-refractivity contribution in [2.45, 2.75) is 32.2 Å². The number of Topliss-reactive ketones (excluding diaryl/α,β-unsaturated/α-hetero) is 1. The first kappa shape index (κ1) is 27.2. The van der Waals surface area contributed by atoms with E-state index in [1.54, 1.807) is 44.6 Å². The van der Waals surface area contributed by atoms with Gasteiger partial charge in [-0.3, -0.25) is 14.5 Å². The fraction of sp³-hybridized carbons (Fsp3) is 0.258. The SMILES string of the molecule is CCCCCOc1ccc(C2C(=C(O)c3ccc(OC)cc3)C(=O)C(=O)N2c2nc3ccc(OC)cc3s2)cc1. The molecular weight excluding hydrogens is 528 g/mol. The van der Waals surface area contributed by atoms with Crippen molar-refractivity contribution in [2.75, 3.05) is 25.7 Å². The fourth-order valence-corrected chi connectivity index (χ4v) is 5.68. The van der Waals surface area contributed by atoms with E-state index in [2.05, 4.69) is 11.9 Å². The smallest absolute Gasteiger partial charge is 0.301 e. The summed E-state index contributed by atoms with van der Waals surface area (Å²) in [5.74, 6) is 0.152. The van der Waals surface area contributed by atoms with Crippen molar-refractivity contribution in [1.29, 1.82) is 0 Å². The van der Waals surface area contributed by atoms with Crippen molar-refractivity contribution < 1.29 is 28.9 Å². The molecule has 0 spiro atoms. The van der Waals surface area contributed by atoms with Gasteiger partial charge in [0.15, 0.2) is 5.13 Å². The molecule has 9 heteroatoms. The summed E-state index contributed by atoms with van der Waals surface area (Å²) in [5.41, 5.74) is 1.71. The highest BCUT2D eigenvalue weighted by atomic mass is 32.1. The molecule has 0 aliphatic carbocycles. The Morgan fingerprint density at radius 3 is 2.27 bits per heavy atom. The molecule has 206 valence electrons. The molecule has 1 aliphatic rings. The lowest BCUT2D eigenvalue weighted by molar-refractivity contribution is -0.132. The maximum absolute atomic E-state index is 13.5. The number of unbranched alkanes of at least 4 members (excludes halogenated alkanes) is 2. The van der Waals surface area contributed by atoms with Crippen LogP contribution in [0.25, 0.3) is 16.0 Å². The second-order valence-corrected chi connectivity index (χ2v) is 10.4. The van der Waals surface area contributed by atoms with Crippen LogP contribution in [0.2, 0.25) is 0 Å². The number of carbonyl (C=O) groups is 2. The highest BCUT2D eigenvalue weighted by Gasteiger charge is 2.48. The maximum Gasteiger partial charge on any atom is 0.301 e. The van der Waals surface area contributed by atoms with Crippen molar-refractivity contribution in [2.24, 2.45) is 0 Å². The number of carbonyl (C=O) groups excluding carboxylic acids is 2. The number of aromatic nitrogens is 1. The number of thiazole rings is 1. The monoisotopic (exact) mass is 558 g/mol. The minimum atomic E-state index is -0.890. The molecule has 1 unspecified atom stereocenters. The molecule has 4 aromatic rings. The van der Waals surface area contributed by atoms with Crippen LogP contribution in [-0.2, 0) is 9.59 Å². The van der Waals surface area contributed by atoms with Gasteiger partial charge >= 0.3 is 5.91 Å². The van der Waals surface area contributed by atoms with E-state index in [4.69, 9.17) is 14.2 Å². The van der Waals surface area contributed by atoms with Crippen molar-refractivity contribution in [3.63, 3.8) is 0 Å². The molecule has 1 fully saturated rings. The van der Waals surface area contributed by atoms with E-state index in [9.17, 15) is 14.7 Å². The summed E-state index contributed by atoms with van der Waals surface area (Å²) in [6.07, 6.45) is 3.15. The van der Waals surface area contributed by atoms with Crippen molar-refractivity contribution in [3.8, 4) is 17.2 Å². The molecule has 1 amide bonds. The first-order valence-electron chi connectivity index (χ1n) is 13.1. The number of ether oxygens (including phenoxy) is 3. The zero-order chi connectivity index (χ0) is 28.2. The lowest BCUT2D eigenvalue weighted by atomic mass is 9.95. The van der Waals surface area contributed by atoms with Gasteiger partial charge in [-0.1, -0.05) is 43.2 Å². The number of rotatable bonds is 10. The Labute approximate surface area is 236 Å². The molecule has 1 N–H and O–H groups in total. The van der Waals surface area contributed by atoms with E-state index in [1.165, 1.54) is 16.2 Å². The van der Waals surface area contributed by atoms with Gasteiger partial charge in [-0.05, 0) is 66.6 Å². The molecule has 0 saturated carbocycles. The third-order valence-electron chi connectivity index (χ3n) is 6.81. The van der Waals surface area contributed by atoms with Crippen molar-refractivity contribution >= 4 is 44.1 Å². The third-order valence-corrected chi connectivity index (χ3v) is 7.83. The molecule has 8 nitrogen and oxygen atoms in total. The van der Waals surface area contributed by atoms with Crippen LogP contribution in [0.5, 0.6) is 17.2 Å². The summed E-state index contributed by atoms with van der Waals surface area (Å²) in [5, 5.41) is 11.7. The van der Waals surface area contributed by atoms with Crippen molar-refractivity contribution in [1.82, 2.24) is 4.98 Å². The average Bonchev–Trinajstić information content (AvgIpc) is 3.52. The molecule has 0 radical (unpaired) electrons. The van der Waals surface area contributed by atoms with Gasteiger partial charge in [0.25, 0.3) is 5.78 Å². The number of aliphatic hydroxyl groups excluding tert-OH is 1. The number of aliphatic hydroxyl groups is 1. The zero-order valence-corrected chi connectivity index (χ0v) is 23.4. The first-order valence-corrected chi connectivity index (χ1v) is 13.9. The quantitative estimate of drug-likeness (QED) is 0.103. The molecule has 1 aliphatic heterocycles. The van der Waals surface area contributed by atoms with E-state index in [1.807, 2.05) is 36.4 Å². The van der Waals surface area contributed by atoms with Crippen molar-refractivity contribution in [3.05, 3.63) is 83.4 Å². The number of hydrogen-bond donors (Lipinski definition) is 1. The summed E-state index contributed by atoms with van der Waals surface area (Å²) in [6, 6.07) is 18.5. The summed E-state index contributed by atoms with van der Waals surface area (Å²) < 4.78 is 17.2. The maximum atomic E-state index is 13.5. The molecular formula is C31H30N2O6S. The van der Waals surface area contributed by atoms with Crippen LogP contribution >= 0.6 is 11.3 Å². The van der Waals surface area contributed by atoms with Gasteiger partial charge in [0, 0.05) is 5.56 Å². The Kier molecular flexibility index (Phi) is 8.02. The summed E-state index contributed by atoms with van der Waals surface area (Å²) in [7, 11) is 3.13. The number of benzene rings is 3. The Morgan fingerprint density at radius 2 is 1.60 bits per heavy atom. The topological polar surface area (TPSA) is 98.2 Å². The molecule has 1 atom stereocenters. The summed E-state index contributed by atoms with van der Waals surface area (Å²) in [4.78, 5) is 33.1. The number of nitrogens with zero attached hydrogens (tertiary/aromatic N) is 2. The van der Waals surface area contributed by atoms with E-state index in [0.717, 1.165) is 24.0 Å². The third kappa shape index (κ3) is 5.24. The molecule has 0 bridgehead atoms. The largest absolute Gasteiger partial charge is 0.507 e. The average molecular weight is 559 g/mol. The van der Waals surface area contributed by atoms with E-state index < -0.39 is 17.7 Å². The second-order valence-electron chi connectivity index (χ2n) is 9.35. The number of fused-ring (bicyclic) bond motifs is 1. The Balaban J connectivity index is 1.59. The standard InChI is InChI=1S/C31H30N2O6S/c1-4-5-6-17-39-22-13-7-19(8-14-22)27-26(28(34)20-9-11-21(37-2)12-10-20)29(35)30(36)33(27)31-32-24-16-15-23(38-3)18-25(24)40-31/h7-16,18,27,34H,4-6,17H2,1-3H3. The van der Waals surface area contributed by atoms with Gasteiger partial charge in [-0.15, -0.1) is 0 Å². The van der Waals surface area contributed by atoms with Crippen LogP contribution in [0, 0.1) is 0 Å².